The van der Waals surface area contributed by atoms with E-state index in [1.54, 1.807) is 42.5 Å². The summed E-state index contributed by atoms with van der Waals surface area (Å²) in [5.74, 6) is -1.69. The van der Waals surface area contributed by atoms with Gasteiger partial charge >= 0.3 is 25.7 Å². The standard InChI is InChI=1S/C28H30NO11P/c29-24(28(33)34)18-39-41(35,36)38-17-3-16-37-26(30)15-12-21-4-1-2-5-25(21)40-23-13-10-20(11-14-23)19-6-8-22(9-7-19)27(31)32/h1-2,4-11,13-14,24H,3,12,15-18,29H2,(H,31,32)(H,33,34)(H,35,36)/t24-/m0/s1. The number of hydrogen-bond acceptors (Lipinski definition) is 9. The zero-order chi connectivity index (χ0) is 29.8. The Balaban J connectivity index is 1.43. The number of benzene rings is 3. The van der Waals surface area contributed by atoms with E-state index < -0.39 is 38.4 Å². The maximum Gasteiger partial charge on any atom is 0.472 e. The van der Waals surface area contributed by atoms with Gasteiger partial charge in [-0.2, -0.15) is 0 Å². The molecule has 3 rings (SSSR count). The van der Waals surface area contributed by atoms with Crippen LogP contribution < -0.4 is 10.5 Å². The monoisotopic (exact) mass is 587 g/mol. The fourth-order valence-corrected chi connectivity index (χ4v) is 4.26. The van der Waals surface area contributed by atoms with Gasteiger partial charge in [-0.05, 0) is 53.4 Å². The lowest BCUT2D eigenvalue weighted by Gasteiger charge is -2.14. The average Bonchev–Trinajstić information content (AvgIpc) is 2.95. The Kier molecular flexibility index (Phi) is 11.6. The topological polar surface area (TPSA) is 192 Å². The molecular weight excluding hydrogens is 557 g/mol. The SMILES string of the molecule is N[C@@H](COP(=O)(O)OCCCOC(=O)CCc1ccccc1Oc1ccc(-c2ccc(C(=O)O)cc2)cc1)C(=O)O. The van der Waals surface area contributed by atoms with Crippen LogP contribution in [0, 0.1) is 0 Å². The number of hydrogen-bond donors (Lipinski definition) is 4. The van der Waals surface area contributed by atoms with Crippen molar-refractivity contribution in [1.29, 1.82) is 0 Å². The number of carbonyl (C=O) groups excluding carboxylic acids is 1. The number of carbonyl (C=O) groups is 3. The summed E-state index contributed by atoms with van der Waals surface area (Å²) in [4.78, 5) is 43.4. The van der Waals surface area contributed by atoms with Crippen LogP contribution in [0.2, 0.25) is 0 Å². The molecule has 5 N–H and O–H groups in total. The minimum atomic E-state index is -4.48. The molecule has 0 bridgehead atoms. The largest absolute Gasteiger partial charge is 0.480 e. The third kappa shape index (κ3) is 10.5. The van der Waals surface area contributed by atoms with E-state index in [-0.39, 0.29) is 31.6 Å². The summed E-state index contributed by atoms with van der Waals surface area (Å²) >= 11 is 0. The summed E-state index contributed by atoms with van der Waals surface area (Å²) < 4.78 is 32.1. The molecule has 3 aromatic carbocycles. The predicted molar refractivity (Wildman–Crippen MR) is 147 cm³/mol. The lowest BCUT2D eigenvalue weighted by molar-refractivity contribution is -0.143. The molecule has 0 saturated carbocycles. The van der Waals surface area contributed by atoms with Gasteiger partial charge in [-0.3, -0.25) is 18.6 Å². The maximum atomic E-state index is 12.2. The number of para-hydroxylation sites is 1. The Bertz CT molecular complexity index is 1380. The Morgan fingerprint density at radius 3 is 2.12 bits per heavy atom. The van der Waals surface area contributed by atoms with Crippen molar-refractivity contribution in [3.8, 4) is 22.6 Å². The third-order valence-corrected chi connectivity index (χ3v) is 6.64. The van der Waals surface area contributed by atoms with Crippen molar-refractivity contribution < 1.29 is 52.6 Å². The van der Waals surface area contributed by atoms with E-state index in [4.69, 9.17) is 29.9 Å². The Labute approximate surface area is 235 Å². The second-order valence-electron chi connectivity index (χ2n) is 8.73. The highest BCUT2D eigenvalue weighted by Gasteiger charge is 2.24. The van der Waals surface area contributed by atoms with Gasteiger partial charge in [0.2, 0.25) is 0 Å². The smallest absolute Gasteiger partial charge is 0.472 e. The molecule has 0 aliphatic carbocycles. The van der Waals surface area contributed by atoms with Crippen molar-refractivity contribution >= 4 is 25.7 Å². The molecule has 0 spiro atoms. The summed E-state index contributed by atoms with van der Waals surface area (Å²) in [6.45, 7) is -1.01. The highest BCUT2D eigenvalue weighted by atomic mass is 31.2. The molecule has 3 aromatic rings. The number of aliphatic carboxylic acids is 1. The summed E-state index contributed by atoms with van der Waals surface area (Å²) in [6, 6.07) is 19.7. The summed E-state index contributed by atoms with van der Waals surface area (Å²) in [6.07, 6.45) is 0.536. The van der Waals surface area contributed by atoms with Gasteiger partial charge in [0.1, 0.15) is 17.5 Å². The van der Waals surface area contributed by atoms with Crippen LogP contribution in [0.15, 0.2) is 72.8 Å². The number of nitrogens with two attached hydrogens (primary N) is 1. The number of carboxylic acid groups (broad SMARTS) is 2. The van der Waals surface area contributed by atoms with Crippen LogP contribution in [0.3, 0.4) is 0 Å². The molecule has 2 atom stereocenters. The molecular formula is C28H30NO11P. The van der Waals surface area contributed by atoms with E-state index in [1.165, 1.54) is 0 Å². The first kappa shape index (κ1) is 31.5. The van der Waals surface area contributed by atoms with Crippen molar-refractivity contribution in [2.24, 2.45) is 5.73 Å². The van der Waals surface area contributed by atoms with Gasteiger partial charge in [0.05, 0.1) is 25.4 Å². The zero-order valence-electron chi connectivity index (χ0n) is 21.9. The molecule has 1 unspecified atom stereocenters. The molecule has 218 valence electrons. The molecule has 0 aromatic heterocycles. The second-order valence-corrected chi connectivity index (χ2v) is 10.2. The summed E-state index contributed by atoms with van der Waals surface area (Å²) in [5.41, 5.74) is 7.96. The van der Waals surface area contributed by atoms with Crippen LogP contribution in [0.25, 0.3) is 11.1 Å². The number of esters is 1. The fourth-order valence-electron chi connectivity index (χ4n) is 3.47. The summed E-state index contributed by atoms with van der Waals surface area (Å²) in [7, 11) is -4.48. The molecule has 0 saturated heterocycles. The highest BCUT2D eigenvalue weighted by molar-refractivity contribution is 7.47. The minimum Gasteiger partial charge on any atom is -0.480 e. The van der Waals surface area contributed by atoms with Crippen LogP contribution in [-0.4, -0.2) is 58.9 Å². The molecule has 13 heteroatoms. The number of phosphoric acid groups is 1. The lowest BCUT2D eigenvalue weighted by atomic mass is 10.0. The van der Waals surface area contributed by atoms with Crippen molar-refractivity contribution in [2.75, 3.05) is 19.8 Å². The van der Waals surface area contributed by atoms with E-state index in [2.05, 4.69) is 4.52 Å². The first-order valence-corrected chi connectivity index (χ1v) is 14.0. The van der Waals surface area contributed by atoms with E-state index >= 15 is 0 Å². The van der Waals surface area contributed by atoms with Crippen LogP contribution >= 0.6 is 7.82 Å². The van der Waals surface area contributed by atoms with Gasteiger partial charge in [-0.15, -0.1) is 0 Å². The molecule has 0 radical (unpaired) electrons. The van der Waals surface area contributed by atoms with Gasteiger partial charge in [0.15, 0.2) is 0 Å². The van der Waals surface area contributed by atoms with Gasteiger partial charge in [-0.25, -0.2) is 9.36 Å². The number of aromatic carboxylic acids is 1. The number of phosphoric ester groups is 1. The highest BCUT2D eigenvalue weighted by Crippen LogP contribution is 2.43. The maximum absolute atomic E-state index is 12.2. The molecule has 0 amide bonds. The van der Waals surface area contributed by atoms with E-state index in [1.807, 2.05) is 30.3 Å². The Hall–Kier alpha value is -4.06. The molecule has 12 nitrogen and oxygen atoms in total. The number of ether oxygens (including phenoxy) is 2. The van der Waals surface area contributed by atoms with Gasteiger partial charge in [0, 0.05) is 12.8 Å². The molecule has 0 heterocycles. The normalized spacial score (nSPS) is 13.1. The summed E-state index contributed by atoms with van der Waals surface area (Å²) in [5, 5.41) is 17.7. The number of aryl methyl sites for hydroxylation is 1. The van der Waals surface area contributed by atoms with Crippen molar-refractivity contribution in [1.82, 2.24) is 0 Å². The average molecular weight is 588 g/mol. The zero-order valence-corrected chi connectivity index (χ0v) is 22.8. The lowest BCUT2D eigenvalue weighted by Crippen LogP contribution is -2.34. The van der Waals surface area contributed by atoms with Gasteiger partial charge in [-0.1, -0.05) is 42.5 Å². The first-order valence-electron chi connectivity index (χ1n) is 12.5. The molecule has 0 aliphatic rings. The second kappa shape index (κ2) is 15.1. The van der Waals surface area contributed by atoms with Crippen LogP contribution in [-0.2, 0) is 34.4 Å². The van der Waals surface area contributed by atoms with Crippen molar-refractivity contribution in [3.05, 3.63) is 83.9 Å². The number of rotatable bonds is 16. The molecule has 41 heavy (non-hydrogen) atoms. The Morgan fingerprint density at radius 2 is 1.49 bits per heavy atom. The van der Waals surface area contributed by atoms with Gasteiger partial charge < -0.3 is 30.3 Å². The van der Waals surface area contributed by atoms with E-state index in [0.717, 1.165) is 16.7 Å². The van der Waals surface area contributed by atoms with Crippen molar-refractivity contribution in [2.45, 2.75) is 25.3 Å². The number of carboxylic acids is 2. The first-order chi connectivity index (χ1) is 19.5. The third-order valence-electron chi connectivity index (χ3n) is 5.66. The van der Waals surface area contributed by atoms with E-state index in [9.17, 15) is 23.8 Å². The molecule has 0 fully saturated rings. The van der Waals surface area contributed by atoms with Crippen molar-refractivity contribution in [3.63, 3.8) is 0 Å². The van der Waals surface area contributed by atoms with Crippen LogP contribution in [0.4, 0.5) is 0 Å². The van der Waals surface area contributed by atoms with Crippen LogP contribution in [0.5, 0.6) is 11.5 Å². The quantitative estimate of drug-likeness (QED) is 0.106. The predicted octanol–water partition coefficient (Wildman–Crippen LogP) is 4.26. The Morgan fingerprint density at radius 1 is 0.854 bits per heavy atom. The molecule has 0 aliphatic heterocycles. The van der Waals surface area contributed by atoms with Gasteiger partial charge in [0.25, 0.3) is 0 Å². The minimum absolute atomic E-state index is 0.0585. The van der Waals surface area contributed by atoms with E-state index in [0.29, 0.717) is 17.9 Å². The van der Waals surface area contributed by atoms with Crippen LogP contribution in [0.1, 0.15) is 28.8 Å². The fraction of sp³-hybridized carbons (Fsp3) is 0.250.